The normalized spacial score (nSPS) is 25.8. The summed E-state index contributed by atoms with van der Waals surface area (Å²) in [6.07, 6.45) is 1.53. The van der Waals surface area contributed by atoms with Gasteiger partial charge in [0.05, 0.1) is 25.2 Å². The summed E-state index contributed by atoms with van der Waals surface area (Å²) < 4.78 is 5.62. The van der Waals surface area contributed by atoms with E-state index in [1.807, 2.05) is 4.90 Å². The van der Waals surface area contributed by atoms with Gasteiger partial charge in [0, 0.05) is 24.5 Å². The van der Waals surface area contributed by atoms with Gasteiger partial charge in [-0.1, -0.05) is 0 Å². The zero-order valence-corrected chi connectivity index (χ0v) is 13.3. The summed E-state index contributed by atoms with van der Waals surface area (Å²) in [5.74, 6) is 0.220. The molecule has 0 bridgehead atoms. The standard InChI is InChI=1S/C14H20N2O2S.ClH/c1-10-12-3-7-19-13(12)2-5-16(10)14(17)8-11-9-15-4-6-18-11;/h3,7,10-11,15H,2,4-6,8-9H2,1H3;1H. The van der Waals surface area contributed by atoms with Gasteiger partial charge in [0.15, 0.2) is 0 Å². The Kier molecular flexibility index (Phi) is 5.43. The number of halogens is 1. The van der Waals surface area contributed by atoms with Gasteiger partial charge in [0.25, 0.3) is 0 Å². The Morgan fingerprint density at radius 3 is 3.20 bits per heavy atom. The molecule has 6 heteroatoms. The first-order valence-corrected chi connectivity index (χ1v) is 7.81. The van der Waals surface area contributed by atoms with Crippen molar-refractivity contribution in [2.75, 3.05) is 26.2 Å². The third-order valence-electron chi connectivity index (χ3n) is 4.00. The Morgan fingerprint density at radius 2 is 2.45 bits per heavy atom. The number of hydrogen-bond acceptors (Lipinski definition) is 4. The Hall–Kier alpha value is -0.620. The summed E-state index contributed by atoms with van der Waals surface area (Å²) in [5.41, 5.74) is 1.33. The molecule has 0 saturated carbocycles. The van der Waals surface area contributed by atoms with Crippen molar-refractivity contribution in [2.24, 2.45) is 0 Å². The highest BCUT2D eigenvalue weighted by Gasteiger charge is 2.30. The van der Waals surface area contributed by atoms with Crippen molar-refractivity contribution in [3.8, 4) is 0 Å². The van der Waals surface area contributed by atoms with Crippen molar-refractivity contribution in [1.29, 1.82) is 0 Å². The molecule has 3 heterocycles. The first-order chi connectivity index (χ1) is 9.25. The minimum absolute atomic E-state index is 0. The third kappa shape index (κ3) is 3.17. The van der Waals surface area contributed by atoms with E-state index in [0.29, 0.717) is 13.0 Å². The van der Waals surface area contributed by atoms with Crippen LogP contribution in [0.1, 0.15) is 29.8 Å². The molecule has 2 unspecified atom stereocenters. The van der Waals surface area contributed by atoms with Crippen LogP contribution >= 0.6 is 23.7 Å². The molecule has 112 valence electrons. The average molecular weight is 317 g/mol. The van der Waals surface area contributed by atoms with E-state index in [2.05, 4.69) is 23.7 Å². The van der Waals surface area contributed by atoms with Gasteiger partial charge in [-0.15, -0.1) is 23.7 Å². The molecule has 0 aromatic carbocycles. The van der Waals surface area contributed by atoms with Gasteiger partial charge in [-0.05, 0) is 30.4 Å². The van der Waals surface area contributed by atoms with Crippen LogP contribution in [-0.2, 0) is 16.0 Å². The smallest absolute Gasteiger partial charge is 0.225 e. The number of amides is 1. The molecular formula is C14H21ClN2O2S. The van der Waals surface area contributed by atoms with E-state index in [-0.39, 0.29) is 30.5 Å². The second-order valence-corrected chi connectivity index (χ2v) is 6.21. The summed E-state index contributed by atoms with van der Waals surface area (Å²) in [4.78, 5) is 15.9. The molecular weight excluding hydrogens is 296 g/mol. The highest BCUT2D eigenvalue weighted by molar-refractivity contribution is 7.10. The van der Waals surface area contributed by atoms with Gasteiger partial charge in [-0.25, -0.2) is 0 Å². The lowest BCUT2D eigenvalue weighted by Crippen LogP contribution is -2.44. The molecule has 1 amide bonds. The fraction of sp³-hybridized carbons (Fsp3) is 0.643. The van der Waals surface area contributed by atoms with Crippen LogP contribution in [0.25, 0.3) is 0 Å². The number of fused-ring (bicyclic) bond motifs is 1. The van der Waals surface area contributed by atoms with Crippen LogP contribution in [0.2, 0.25) is 0 Å². The Balaban J connectivity index is 0.00000147. The molecule has 0 radical (unpaired) electrons. The van der Waals surface area contributed by atoms with Crippen molar-refractivity contribution >= 4 is 29.7 Å². The first kappa shape index (κ1) is 15.8. The number of morpholine rings is 1. The maximum absolute atomic E-state index is 12.4. The lowest BCUT2D eigenvalue weighted by Gasteiger charge is -2.35. The average Bonchev–Trinajstić information content (AvgIpc) is 2.89. The maximum Gasteiger partial charge on any atom is 0.225 e. The molecule has 0 aliphatic carbocycles. The van der Waals surface area contributed by atoms with Crippen molar-refractivity contribution in [3.63, 3.8) is 0 Å². The molecule has 2 aliphatic rings. The van der Waals surface area contributed by atoms with Crippen LogP contribution in [0.3, 0.4) is 0 Å². The summed E-state index contributed by atoms with van der Waals surface area (Å²) in [7, 11) is 0. The lowest BCUT2D eigenvalue weighted by atomic mass is 10.0. The highest BCUT2D eigenvalue weighted by atomic mass is 35.5. The van der Waals surface area contributed by atoms with Crippen LogP contribution in [0, 0.1) is 0 Å². The molecule has 20 heavy (non-hydrogen) atoms. The van der Waals surface area contributed by atoms with Gasteiger partial charge >= 0.3 is 0 Å². The fourth-order valence-corrected chi connectivity index (χ4v) is 3.88. The van der Waals surface area contributed by atoms with Gasteiger partial charge in [-0.3, -0.25) is 4.79 Å². The van der Waals surface area contributed by atoms with E-state index in [1.54, 1.807) is 11.3 Å². The van der Waals surface area contributed by atoms with Crippen molar-refractivity contribution in [2.45, 2.75) is 31.9 Å². The molecule has 4 nitrogen and oxygen atoms in total. The number of carbonyl (C=O) groups is 1. The van der Waals surface area contributed by atoms with Crippen LogP contribution in [-0.4, -0.2) is 43.2 Å². The molecule has 1 N–H and O–H groups in total. The number of nitrogens with zero attached hydrogens (tertiary/aromatic N) is 1. The number of thiophene rings is 1. The summed E-state index contributed by atoms with van der Waals surface area (Å²) in [6.45, 7) is 5.36. The van der Waals surface area contributed by atoms with E-state index < -0.39 is 0 Å². The largest absolute Gasteiger partial charge is 0.375 e. The number of nitrogens with one attached hydrogen (secondary N) is 1. The predicted octanol–water partition coefficient (Wildman–Crippen LogP) is 1.99. The van der Waals surface area contributed by atoms with E-state index in [9.17, 15) is 4.79 Å². The Labute approximate surface area is 129 Å². The van der Waals surface area contributed by atoms with Crippen LogP contribution in [0.15, 0.2) is 11.4 Å². The molecule has 1 aromatic heterocycles. The maximum atomic E-state index is 12.4. The number of hydrogen-bond donors (Lipinski definition) is 1. The fourth-order valence-electron chi connectivity index (χ4n) is 2.91. The topological polar surface area (TPSA) is 41.6 Å². The van der Waals surface area contributed by atoms with Crippen LogP contribution in [0.4, 0.5) is 0 Å². The second kappa shape index (κ2) is 6.89. The Bertz CT molecular complexity index is 460. The van der Waals surface area contributed by atoms with Gasteiger partial charge in [-0.2, -0.15) is 0 Å². The number of ether oxygens (including phenoxy) is 1. The van der Waals surface area contributed by atoms with Crippen molar-refractivity contribution < 1.29 is 9.53 Å². The zero-order chi connectivity index (χ0) is 13.2. The lowest BCUT2D eigenvalue weighted by molar-refractivity contribution is -0.137. The minimum atomic E-state index is 0. The van der Waals surface area contributed by atoms with Crippen LogP contribution < -0.4 is 5.32 Å². The SMILES string of the molecule is CC1c2ccsc2CCN1C(=O)CC1CNCCO1.Cl. The molecule has 1 aromatic rings. The summed E-state index contributed by atoms with van der Waals surface area (Å²) >= 11 is 1.81. The van der Waals surface area contributed by atoms with E-state index in [4.69, 9.17) is 4.74 Å². The summed E-state index contributed by atoms with van der Waals surface area (Å²) in [6, 6.07) is 2.36. The van der Waals surface area contributed by atoms with E-state index >= 15 is 0 Å². The second-order valence-electron chi connectivity index (χ2n) is 5.21. The molecule has 1 fully saturated rings. The molecule has 0 spiro atoms. The van der Waals surface area contributed by atoms with Gasteiger partial charge in [0.2, 0.25) is 5.91 Å². The number of rotatable bonds is 2. The van der Waals surface area contributed by atoms with E-state index in [1.165, 1.54) is 10.4 Å². The molecule has 1 saturated heterocycles. The zero-order valence-electron chi connectivity index (χ0n) is 11.6. The molecule has 2 atom stereocenters. The monoisotopic (exact) mass is 316 g/mol. The van der Waals surface area contributed by atoms with Gasteiger partial charge < -0.3 is 15.0 Å². The summed E-state index contributed by atoms with van der Waals surface area (Å²) in [5, 5.41) is 5.40. The van der Waals surface area contributed by atoms with Crippen molar-refractivity contribution in [1.82, 2.24) is 10.2 Å². The third-order valence-corrected chi connectivity index (χ3v) is 5.00. The van der Waals surface area contributed by atoms with Gasteiger partial charge in [0.1, 0.15) is 0 Å². The highest BCUT2D eigenvalue weighted by Crippen LogP contribution is 2.33. The van der Waals surface area contributed by atoms with Crippen molar-refractivity contribution in [3.05, 3.63) is 21.9 Å². The first-order valence-electron chi connectivity index (χ1n) is 6.94. The molecule has 2 aliphatic heterocycles. The number of carbonyl (C=O) groups excluding carboxylic acids is 1. The van der Waals surface area contributed by atoms with Crippen LogP contribution in [0.5, 0.6) is 0 Å². The Morgan fingerprint density at radius 1 is 1.60 bits per heavy atom. The van der Waals surface area contributed by atoms with E-state index in [0.717, 1.165) is 26.1 Å². The minimum Gasteiger partial charge on any atom is -0.375 e. The molecule has 3 rings (SSSR count). The predicted molar refractivity (Wildman–Crippen MR) is 82.6 cm³/mol. The quantitative estimate of drug-likeness (QED) is 0.907.